The predicted octanol–water partition coefficient (Wildman–Crippen LogP) is 2.66. The van der Waals surface area contributed by atoms with E-state index in [1.54, 1.807) is 0 Å². The van der Waals surface area contributed by atoms with E-state index in [1.807, 2.05) is 0 Å². The highest BCUT2D eigenvalue weighted by atomic mass is 19.3. The van der Waals surface area contributed by atoms with Gasteiger partial charge in [-0.15, -0.1) is 6.58 Å². The summed E-state index contributed by atoms with van der Waals surface area (Å²) in [6, 6.07) is 0. The van der Waals surface area contributed by atoms with Crippen molar-refractivity contribution < 1.29 is 17.9 Å². The third kappa shape index (κ3) is 3.83. The van der Waals surface area contributed by atoms with Gasteiger partial charge in [-0.25, -0.2) is 4.39 Å². The molecular weight excluding hydrogens is 157 g/mol. The molecule has 0 aliphatic heterocycles. The third-order valence-electron chi connectivity index (χ3n) is 1.00. The molecule has 11 heavy (non-hydrogen) atoms. The Labute approximate surface area is 63.2 Å². The fourth-order valence-electron chi connectivity index (χ4n) is 0.439. The molecule has 0 amide bonds. The van der Waals surface area contributed by atoms with Crippen LogP contribution in [0.15, 0.2) is 24.6 Å². The number of ether oxygens (including phenoxy) is 1. The summed E-state index contributed by atoms with van der Waals surface area (Å²) < 4.78 is 39.8. The molecule has 0 aromatic carbocycles. The van der Waals surface area contributed by atoms with Crippen LogP contribution in [-0.2, 0) is 4.74 Å². The van der Waals surface area contributed by atoms with Crippen LogP contribution < -0.4 is 0 Å². The van der Waals surface area contributed by atoms with Gasteiger partial charge < -0.3 is 4.74 Å². The second kappa shape index (κ2) is 4.96. The Morgan fingerprint density at radius 1 is 1.55 bits per heavy atom. The van der Waals surface area contributed by atoms with Crippen molar-refractivity contribution in [1.29, 1.82) is 0 Å². The van der Waals surface area contributed by atoms with Crippen molar-refractivity contribution in [3.8, 4) is 0 Å². The smallest absolute Gasteiger partial charge is 0.304 e. The number of rotatable bonds is 4. The van der Waals surface area contributed by atoms with Crippen LogP contribution in [0.5, 0.6) is 0 Å². The molecule has 0 bridgehead atoms. The van der Waals surface area contributed by atoms with Gasteiger partial charge in [-0.05, 0) is 6.92 Å². The fourth-order valence-corrected chi connectivity index (χ4v) is 0.439. The Kier molecular flexibility index (Phi) is 4.61. The largest absolute Gasteiger partial charge is 0.367 e. The Morgan fingerprint density at radius 2 is 2.09 bits per heavy atom. The molecule has 0 aromatic rings. The Morgan fingerprint density at radius 3 is 2.45 bits per heavy atom. The van der Waals surface area contributed by atoms with E-state index in [0.717, 1.165) is 0 Å². The molecule has 0 saturated carbocycles. The molecule has 0 saturated heterocycles. The van der Waals surface area contributed by atoms with Crippen LogP contribution in [0.25, 0.3) is 0 Å². The van der Waals surface area contributed by atoms with Gasteiger partial charge in [0.2, 0.25) is 0 Å². The molecule has 4 heteroatoms. The maximum atomic E-state index is 12.2. The lowest BCUT2D eigenvalue weighted by Gasteiger charge is -2.07. The highest BCUT2D eigenvalue weighted by Crippen LogP contribution is 2.15. The van der Waals surface area contributed by atoms with Gasteiger partial charge in [-0.3, -0.25) is 0 Å². The molecule has 0 rings (SSSR count). The summed E-state index contributed by atoms with van der Waals surface area (Å²) in [5.74, 6) is -1.52. The first kappa shape index (κ1) is 10.2. The molecule has 0 heterocycles. The predicted molar refractivity (Wildman–Crippen MR) is 36.0 cm³/mol. The maximum Gasteiger partial charge on any atom is 0.304 e. The topological polar surface area (TPSA) is 9.23 Å². The average Bonchev–Trinajstić information content (AvgIpc) is 1.98. The van der Waals surface area contributed by atoms with Gasteiger partial charge in [0, 0.05) is 0 Å². The van der Waals surface area contributed by atoms with E-state index in [-0.39, 0.29) is 6.61 Å². The third-order valence-corrected chi connectivity index (χ3v) is 1.00. The lowest BCUT2D eigenvalue weighted by molar-refractivity contribution is 0.0905. The van der Waals surface area contributed by atoms with Gasteiger partial charge in [0.15, 0.2) is 5.83 Å². The fraction of sp³-hybridized carbons (Fsp3) is 0.429. The van der Waals surface area contributed by atoms with Crippen molar-refractivity contribution in [1.82, 2.24) is 0 Å². The first-order valence-electron chi connectivity index (χ1n) is 3.02. The molecule has 0 aliphatic carbocycles. The lowest BCUT2D eigenvalue weighted by atomic mass is 10.4. The highest BCUT2D eigenvalue weighted by molar-refractivity contribution is 4.97. The van der Waals surface area contributed by atoms with E-state index in [1.165, 1.54) is 13.0 Å². The molecule has 0 aromatic heterocycles. The Hall–Kier alpha value is -0.770. The van der Waals surface area contributed by atoms with E-state index >= 15 is 0 Å². The molecular formula is C7H9F3O. The molecule has 0 unspecified atom stereocenters. The maximum absolute atomic E-state index is 12.2. The number of hydrogen-bond acceptors (Lipinski definition) is 1. The molecule has 0 spiro atoms. The second-order valence-electron chi connectivity index (χ2n) is 1.87. The van der Waals surface area contributed by atoms with E-state index in [9.17, 15) is 13.2 Å². The summed E-state index contributed by atoms with van der Waals surface area (Å²) in [6.07, 6.45) is -2.17. The van der Waals surface area contributed by atoms with Gasteiger partial charge in [0.1, 0.15) is 6.10 Å². The van der Waals surface area contributed by atoms with E-state index < -0.39 is 18.0 Å². The molecule has 0 fully saturated rings. The van der Waals surface area contributed by atoms with E-state index in [4.69, 9.17) is 0 Å². The van der Waals surface area contributed by atoms with Crippen LogP contribution in [-0.4, -0.2) is 12.7 Å². The van der Waals surface area contributed by atoms with Crippen LogP contribution in [0.1, 0.15) is 6.92 Å². The molecule has 0 radical (unpaired) electrons. The monoisotopic (exact) mass is 166 g/mol. The van der Waals surface area contributed by atoms with E-state index in [2.05, 4.69) is 11.3 Å². The second-order valence-corrected chi connectivity index (χ2v) is 1.87. The van der Waals surface area contributed by atoms with Crippen LogP contribution >= 0.6 is 0 Å². The summed E-state index contributed by atoms with van der Waals surface area (Å²) in [5.41, 5.74) is 0. The molecule has 1 nitrogen and oxygen atoms in total. The lowest BCUT2D eigenvalue weighted by Crippen LogP contribution is -2.09. The van der Waals surface area contributed by atoms with Crippen molar-refractivity contribution in [2.45, 2.75) is 13.0 Å². The van der Waals surface area contributed by atoms with Crippen LogP contribution in [0, 0.1) is 0 Å². The molecule has 1 atom stereocenters. The van der Waals surface area contributed by atoms with Gasteiger partial charge in [0.25, 0.3) is 0 Å². The molecule has 0 aliphatic rings. The minimum atomic E-state index is -2.33. The first-order chi connectivity index (χ1) is 5.09. The normalized spacial score (nSPS) is 12.4. The zero-order valence-electron chi connectivity index (χ0n) is 6.11. The van der Waals surface area contributed by atoms with Gasteiger partial charge in [-0.2, -0.15) is 8.78 Å². The number of halogens is 3. The number of hydrogen-bond donors (Lipinski definition) is 0. The first-order valence-corrected chi connectivity index (χ1v) is 3.02. The summed E-state index contributed by atoms with van der Waals surface area (Å²) in [5, 5.41) is 0. The summed E-state index contributed by atoms with van der Waals surface area (Å²) in [7, 11) is 0. The van der Waals surface area contributed by atoms with Gasteiger partial charge in [-0.1, -0.05) is 6.08 Å². The van der Waals surface area contributed by atoms with E-state index in [0.29, 0.717) is 0 Å². The van der Waals surface area contributed by atoms with Crippen molar-refractivity contribution in [2.75, 3.05) is 6.61 Å². The van der Waals surface area contributed by atoms with Crippen LogP contribution in [0.2, 0.25) is 0 Å². The van der Waals surface area contributed by atoms with Gasteiger partial charge >= 0.3 is 6.08 Å². The van der Waals surface area contributed by atoms with Gasteiger partial charge in [0.05, 0.1) is 6.61 Å². The Balaban J connectivity index is 3.92. The molecule has 0 N–H and O–H groups in total. The SMILES string of the molecule is C=CCO[C@@H](C)C(F)=C(F)F. The summed E-state index contributed by atoms with van der Waals surface area (Å²) in [6.45, 7) is 4.55. The Bertz CT molecular complexity index is 161. The summed E-state index contributed by atoms with van der Waals surface area (Å²) >= 11 is 0. The average molecular weight is 166 g/mol. The van der Waals surface area contributed by atoms with Crippen molar-refractivity contribution in [2.24, 2.45) is 0 Å². The molecule has 64 valence electrons. The zero-order chi connectivity index (χ0) is 8.85. The van der Waals surface area contributed by atoms with Crippen molar-refractivity contribution >= 4 is 0 Å². The van der Waals surface area contributed by atoms with Crippen molar-refractivity contribution in [3.63, 3.8) is 0 Å². The minimum Gasteiger partial charge on any atom is -0.367 e. The van der Waals surface area contributed by atoms with Crippen molar-refractivity contribution in [3.05, 3.63) is 24.6 Å². The minimum absolute atomic E-state index is 0.0574. The quantitative estimate of drug-likeness (QED) is 0.583. The summed E-state index contributed by atoms with van der Waals surface area (Å²) in [4.78, 5) is 0. The van der Waals surface area contributed by atoms with Crippen LogP contribution in [0.3, 0.4) is 0 Å². The standard InChI is InChI=1S/C7H9F3O/c1-3-4-11-5(2)6(8)7(9)10/h3,5H,1,4H2,2H3/t5-/m0/s1. The zero-order valence-corrected chi connectivity index (χ0v) is 6.11. The van der Waals surface area contributed by atoms with Crippen LogP contribution in [0.4, 0.5) is 13.2 Å². The highest BCUT2D eigenvalue weighted by Gasteiger charge is 2.13.